The number of aliphatic imine (C=N–C) groups is 1. The van der Waals surface area contributed by atoms with Gasteiger partial charge in [-0.1, -0.05) is 91.1 Å². The van der Waals surface area contributed by atoms with E-state index in [4.69, 9.17) is 28.7 Å². The fraction of sp³-hybridized carbons (Fsp3) is 0.667. The summed E-state index contributed by atoms with van der Waals surface area (Å²) in [4.78, 5) is 178. The first-order chi connectivity index (χ1) is 47.4. The summed E-state index contributed by atoms with van der Waals surface area (Å²) >= 11 is 1.52. The van der Waals surface area contributed by atoms with Crippen LogP contribution in [0.3, 0.4) is 0 Å². The summed E-state index contributed by atoms with van der Waals surface area (Å²) in [5.74, 6) is -11.3. The van der Waals surface area contributed by atoms with Crippen LogP contribution in [0.25, 0.3) is 0 Å². The lowest BCUT2D eigenvalue weighted by Gasteiger charge is -2.31. The van der Waals surface area contributed by atoms with Crippen molar-refractivity contribution in [3.63, 3.8) is 0 Å². The molecule has 1 heterocycles. The van der Waals surface area contributed by atoms with E-state index in [9.17, 15) is 67.7 Å². The molecule has 0 saturated carbocycles. The normalized spacial score (nSPS) is 16.0. The van der Waals surface area contributed by atoms with Gasteiger partial charge in [-0.2, -0.15) is 11.8 Å². The third-order valence-electron chi connectivity index (χ3n) is 17.2. The molecule has 562 valence electrons. The topological polar surface area (TPSA) is 549 Å². The van der Waals surface area contributed by atoms with Crippen LogP contribution in [-0.4, -0.2) is 207 Å². The highest BCUT2D eigenvalue weighted by Gasteiger charge is 2.39. The van der Waals surface area contributed by atoms with Gasteiger partial charge in [0, 0.05) is 31.3 Å². The zero-order chi connectivity index (χ0) is 75.2. The summed E-state index contributed by atoms with van der Waals surface area (Å²) in [6.45, 7) is 15.0. The number of unbranched alkanes of at least 4 members (excludes halogenated alkanes) is 2. The summed E-state index contributed by atoms with van der Waals surface area (Å²) in [6.07, 6.45) is 6.14. The zero-order valence-electron chi connectivity index (χ0n) is 59.5. The number of thioether (sulfide) groups is 1. The average molecular weight is 1430 g/mol. The number of guanidine groups is 1. The lowest BCUT2D eigenvalue weighted by atomic mass is 9.94. The number of rotatable bonds is 49. The minimum absolute atomic E-state index is 0.0258. The Balaban J connectivity index is 2.41. The van der Waals surface area contributed by atoms with Crippen LogP contribution in [0.4, 0.5) is 0 Å². The molecule has 0 bridgehead atoms. The number of carboxylic acid groups (broad SMARTS) is 1. The van der Waals surface area contributed by atoms with E-state index in [0.29, 0.717) is 74.9 Å². The number of aliphatic hydroxyl groups excluding tert-OH is 1. The molecule has 0 aliphatic carbocycles. The molecule has 11 amide bonds. The van der Waals surface area contributed by atoms with E-state index in [1.807, 2.05) is 20.1 Å². The fourth-order valence-electron chi connectivity index (χ4n) is 10.2. The molecule has 0 saturated heterocycles. The first kappa shape index (κ1) is 87.6. The summed E-state index contributed by atoms with van der Waals surface area (Å²) < 4.78 is 0. The van der Waals surface area contributed by atoms with Crippen molar-refractivity contribution in [2.24, 2.45) is 51.4 Å². The van der Waals surface area contributed by atoms with Crippen molar-refractivity contribution >= 4 is 88.7 Å². The molecule has 0 radical (unpaired) electrons. The molecule has 24 N–H and O–H groups in total. The van der Waals surface area contributed by atoms with E-state index < -0.39 is 161 Å². The molecular formula is C66H113N19O14S. The molecule has 33 nitrogen and oxygen atoms in total. The van der Waals surface area contributed by atoms with Crippen LogP contribution in [0.5, 0.6) is 0 Å². The molecule has 0 unspecified atom stereocenters. The van der Waals surface area contributed by atoms with Crippen LogP contribution in [0.2, 0.25) is 0 Å². The van der Waals surface area contributed by atoms with Crippen molar-refractivity contribution in [1.82, 2.24) is 68.5 Å². The number of nitrogens with two attached hydrogens (primary N) is 5. The van der Waals surface area contributed by atoms with Gasteiger partial charge in [0.2, 0.25) is 65.0 Å². The van der Waals surface area contributed by atoms with Crippen LogP contribution in [0, 0.1) is 17.8 Å². The maximum Gasteiger partial charge on any atom is 0.326 e. The van der Waals surface area contributed by atoms with Crippen molar-refractivity contribution in [1.29, 1.82) is 0 Å². The summed E-state index contributed by atoms with van der Waals surface area (Å²) in [5, 5.41) is 49.7. The second kappa shape index (κ2) is 46.8. The lowest BCUT2D eigenvalue weighted by Crippen LogP contribution is -2.62. The molecule has 0 spiro atoms. The first-order valence-electron chi connectivity index (χ1n) is 34.3. The SMILES string of the molecule is CC[C@H](C)[C@H](NC(=O)[C@H](CCCN=C(N)N)NC(=O)[C@H](Cc1ccccc1)NC(=O)[C@@H](NC(=O)[C@@H](NC(=O)[C@@H](N)CCSC)[C@@H](C)CC)[C@@H](C)CC)C(=O)N[C@@H](C)C(=O)N[C@@H](C)C(=O)N[C@H](C(=O)N[C@@H](Cc1cnc[nH]1)C(=O)N[C@@H](CCCCN)C(=O)N[C@@H](CCCCN)C(=O)O)[C@@H](C)O. The summed E-state index contributed by atoms with van der Waals surface area (Å²) in [6, 6.07) is -7.14. The summed E-state index contributed by atoms with van der Waals surface area (Å²) in [7, 11) is 0. The maximum absolute atomic E-state index is 14.7. The third kappa shape index (κ3) is 31.4. The minimum atomic E-state index is -1.75. The number of benzene rings is 1. The van der Waals surface area contributed by atoms with Crippen LogP contribution >= 0.6 is 11.8 Å². The number of hydrogen-bond donors (Lipinski definition) is 19. The standard InChI is InChI=1S/C66H113N19O14S/c1-11-36(4)50(83-58(91)46(26-21-30-73-66(70)71)78-59(92)48(32-42-22-15-14-16-23-42)80-62(95)51(37(5)12-2)84-63(96)52(38(6)13-3)82-56(89)44(69)27-31-100-10)61(94)76-39(7)54(87)75-40(8)55(88)85-53(41(9)86)64(97)81-49(33-43-34-72-35-74-43)60(93)77-45(24-17-19-28-67)57(90)79-47(65(98)99)25-18-20-29-68/h14-16,22-23,34-41,44-53,86H,11-13,17-21,24-33,67-69H2,1-10H3,(H,72,74)(H,75,87)(H,76,94)(H,77,93)(H,78,92)(H,79,90)(H,80,95)(H,81,97)(H,82,89)(H,83,91)(H,84,96)(H,85,88)(H,98,99)(H4,70,71,73)/t36-,37-,38-,39-,40-,41+,44-,45-,46-,47-,48-,49-,50-,51-,52-,53-/m0/s1. The molecule has 1 aromatic heterocycles. The maximum atomic E-state index is 14.7. The van der Waals surface area contributed by atoms with Gasteiger partial charge in [-0.25, -0.2) is 9.78 Å². The second-order valence-corrected chi connectivity index (χ2v) is 26.3. The van der Waals surface area contributed by atoms with Crippen LogP contribution < -0.4 is 87.2 Å². The number of aliphatic hydroxyl groups is 1. The van der Waals surface area contributed by atoms with Gasteiger partial charge >= 0.3 is 5.97 Å². The Morgan fingerprint density at radius 2 is 0.900 bits per heavy atom. The third-order valence-corrected chi connectivity index (χ3v) is 17.8. The number of aromatic amines is 1. The van der Waals surface area contributed by atoms with Crippen molar-refractivity contribution in [3.8, 4) is 0 Å². The molecule has 1 aromatic carbocycles. The van der Waals surface area contributed by atoms with Crippen molar-refractivity contribution in [2.45, 2.75) is 231 Å². The highest BCUT2D eigenvalue weighted by Crippen LogP contribution is 2.17. The van der Waals surface area contributed by atoms with Crippen LogP contribution in [0.15, 0.2) is 47.8 Å². The van der Waals surface area contributed by atoms with Crippen LogP contribution in [0.1, 0.15) is 151 Å². The Labute approximate surface area is 590 Å². The summed E-state index contributed by atoms with van der Waals surface area (Å²) in [5.41, 5.74) is 29.6. The smallest absolute Gasteiger partial charge is 0.326 e. The van der Waals surface area contributed by atoms with Gasteiger partial charge in [0.1, 0.15) is 66.5 Å². The predicted octanol–water partition coefficient (Wildman–Crippen LogP) is -2.44. The molecule has 100 heavy (non-hydrogen) atoms. The second-order valence-electron chi connectivity index (χ2n) is 25.3. The lowest BCUT2D eigenvalue weighted by molar-refractivity contribution is -0.142. The predicted molar refractivity (Wildman–Crippen MR) is 379 cm³/mol. The number of aromatic nitrogens is 2. The Hall–Kier alpha value is -8.47. The highest BCUT2D eigenvalue weighted by molar-refractivity contribution is 7.98. The molecule has 2 rings (SSSR count). The van der Waals surface area contributed by atoms with E-state index in [-0.39, 0.29) is 63.5 Å². The number of carbonyl (C=O) groups excluding carboxylic acids is 11. The molecular weight excluding hydrogens is 1310 g/mol. The Morgan fingerprint density at radius 1 is 0.500 bits per heavy atom. The number of H-pyrrole nitrogens is 1. The minimum Gasteiger partial charge on any atom is -0.480 e. The number of imidazole rings is 1. The van der Waals surface area contributed by atoms with Gasteiger partial charge in [0.15, 0.2) is 5.96 Å². The number of hydrogen-bond acceptors (Lipinski definition) is 19. The van der Waals surface area contributed by atoms with E-state index >= 15 is 0 Å². The van der Waals surface area contributed by atoms with Gasteiger partial charge in [-0.15, -0.1) is 0 Å². The Kier molecular flexibility index (Phi) is 41.0. The van der Waals surface area contributed by atoms with Gasteiger partial charge in [0.05, 0.1) is 18.5 Å². The molecule has 2 aromatic rings. The number of amides is 11. The number of carboxylic acids is 1. The van der Waals surface area contributed by atoms with E-state index in [1.54, 1.807) is 58.0 Å². The van der Waals surface area contributed by atoms with Gasteiger partial charge in [-0.05, 0) is 127 Å². The molecule has 0 aliphatic rings. The molecule has 34 heteroatoms. The number of nitrogens with one attached hydrogen (secondary N) is 12. The zero-order valence-corrected chi connectivity index (χ0v) is 60.3. The van der Waals surface area contributed by atoms with E-state index in [2.05, 4.69) is 73.4 Å². The van der Waals surface area contributed by atoms with E-state index in [1.165, 1.54) is 45.1 Å². The van der Waals surface area contributed by atoms with Crippen LogP contribution in [-0.2, 0) is 70.4 Å². The highest BCUT2D eigenvalue weighted by atomic mass is 32.2. The fourth-order valence-corrected chi connectivity index (χ4v) is 10.7. The largest absolute Gasteiger partial charge is 0.480 e. The van der Waals surface area contributed by atoms with Gasteiger partial charge in [0.25, 0.3) is 0 Å². The molecule has 0 aliphatic heterocycles. The Morgan fingerprint density at radius 3 is 1.37 bits per heavy atom. The van der Waals surface area contributed by atoms with Crippen molar-refractivity contribution < 1.29 is 67.7 Å². The molecule has 16 atom stereocenters. The first-order valence-corrected chi connectivity index (χ1v) is 35.7. The molecule has 0 fully saturated rings. The Bertz CT molecular complexity index is 2950. The van der Waals surface area contributed by atoms with Crippen molar-refractivity contribution in [2.75, 3.05) is 31.6 Å². The monoisotopic (exact) mass is 1430 g/mol. The quantitative estimate of drug-likeness (QED) is 0.0186. The number of nitrogens with zero attached hydrogens (tertiary/aromatic N) is 2. The average Bonchev–Trinajstić information content (AvgIpc) is 0.959. The number of aliphatic carboxylic acids is 1. The van der Waals surface area contributed by atoms with Crippen molar-refractivity contribution in [3.05, 3.63) is 54.1 Å². The van der Waals surface area contributed by atoms with Gasteiger partial charge < -0.3 is 102 Å². The van der Waals surface area contributed by atoms with E-state index in [0.717, 1.165) is 0 Å². The number of carbonyl (C=O) groups is 12. The van der Waals surface area contributed by atoms with Gasteiger partial charge in [-0.3, -0.25) is 57.7 Å².